The molecule has 0 fully saturated rings. The number of amides is 1. The first-order valence-electron chi connectivity index (χ1n) is 4.72. The summed E-state index contributed by atoms with van der Waals surface area (Å²) in [6, 6.07) is -0.254. The van der Waals surface area contributed by atoms with E-state index in [2.05, 4.69) is 10.5 Å². The predicted molar refractivity (Wildman–Crippen MR) is 56.5 cm³/mol. The Morgan fingerprint density at radius 1 is 1.80 bits per heavy atom. The third kappa shape index (κ3) is 3.03. The fourth-order valence-corrected chi connectivity index (χ4v) is 1.30. The molecule has 1 amide bonds. The summed E-state index contributed by atoms with van der Waals surface area (Å²) in [6.07, 6.45) is 3.70. The Morgan fingerprint density at radius 2 is 2.47 bits per heavy atom. The summed E-state index contributed by atoms with van der Waals surface area (Å²) >= 11 is 0. The first-order valence-corrected chi connectivity index (χ1v) is 4.72. The van der Waals surface area contributed by atoms with Gasteiger partial charge < -0.3 is 0 Å². The molecule has 1 aromatic heterocycles. The smallest absolute Gasteiger partial charge is 0.250 e. The van der Waals surface area contributed by atoms with Crippen LogP contribution < -0.4 is 11.3 Å². The Hall–Kier alpha value is -1.40. The van der Waals surface area contributed by atoms with Crippen molar-refractivity contribution in [1.29, 1.82) is 0 Å². The number of carbonyl (C=O) groups excluding carboxylic acids is 1. The van der Waals surface area contributed by atoms with E-state index in [-0.39, 0.29) is 11.9 Å². The Labute approximate surface area is 89.0 Å². The van der Waals surface area contributed by atoms with E-state index in [1.54, 1.807) is 17.8 Å². The molecule has 6 nitrogen and oxygen atoms in total. The summed E-state index contributed by atoms with van der Waals surface area (Å²) in [5, 5.41) is 4.06. The van der Waals surface area contributed by atoms with Gasteiger partial charge in [-0.15, -0.1) is 0 Å². The minimum atomic E-state index is -0.254. The zero-order valence-corrected chi connectivity index (χ0v) is 9.27. The molecule has 3 N–H and O–H groups in total. The molecule has 0 aromatic carbocycles. The summed E-state index contributed by atoms with van der Waals surface area (Å²) in [7, 11) is 3.73. The zero-order chi connectivity index (χ0) is 11.4. The molecule has 6 heteroatoms. The van der Waals surface area contributed by atoms with Crippen LogP contribution in [0, 0.1) is 0 Å². The normalized spacial score (nSPS) is 12.9. The van der Waals surface area contributed by atoms with Gasteiger partial charge in [0.25, 0.3) is 5.91 Å². The molecule has 0 aliphatic carbocycles. The van der Waals surface area contributed by atoms with Crippen molar-refractivity contribution in [3.8, 4) is 0 Å². The van der Waals surface area contributed by atoms with Gasteiger partial charge in [0.05, 0.1) is 12.2 Å². The van der Waals surface area contributed by atoms with Gasteiger partial charge in [-0.25, -0.2) is 5.84 Å². The van der Waals surface area contributed by atoms with Crippen LogP contribution in [-0.4, -0.2) is 33.7 Å². The molecular weight excluding hydrogens is 194 g/mol. The van der Waals surface area contributed by atoms with Crippen LogP contribution in [0.1, 0.15) is 12.5 Å². The molecule has 1 aromatic rings. The molecule has 84 valence electrons. The Balaban J connectivity index is 2.55. The molecule has 1 unspecified atom stereocenters. The molecule has 0 spiro atoms. The van der Waals surface area contributed by atoms with Gasteiger partial charge in [-0.1, -0.05) is 0 Å². The van der Waals surface area contributed by atoms with Crippen LogP contribution in [0.2, 0.25) is 0 Å². The topological polar surface area (TPSA) is 76.2 Å². The fraction of sp³-hybridized carbons (Fsp3) is 0.556. The monoisotopic (exact) mass is 211 g/mol. The highest BCUT2D eigenvalue weighted by Gasteiger charge is 2.17. The summed E-state index contributed by atoms with van der Waals surface area (Å²) < 4.78 is 1.73. The van der Waals surface area contributed by atoms with Gasteiger partial charge in [0, 0.05) is 25.4 Å². The van der Waals surface area contributed by atoms with Crippen molar-refractivity contribution in [2.45, 2.75) is 19.5 Å². The van der Waals surface area contributed by atoms with Gasteiger partial charge in [-0.3, -0.25) is 19.8 Å². The predicted octanol–water partition coefficient (Wildman–Crippen LogP) is -0.770. The lowest BCUT2D eigenvalue weighted by atomic mass is 10.2. The summed E-state index contributed by atoms with van der Waals surface area (Å²) in [5.41, 5.74) is 3.20. The van der Waals surface area contributed by atoms with E-state index in [0.717, 1.165) is 5.56 Å². The number of nitrogens with zero attached hydrogens (tertiary/aromatic N) is 3. The second-order valence-electron chi connectivity index (χ2n) is 3.62. The number of rotatable bonds is 4. The van der Waals surface area contributed by atoms with Gasteiger partial charge in [0.1, 0.15) is 0 Å². The number of hydrogen-bond acceptors (Lipinski definition) is 4. The van der Waals surface area contributed by atoms with E-state index in [0.29, 0.717) is 6.54 Å². The number of nitrogens with two attached hydrogens (primary N) is 1. The lowest BCUT2D eigenvalue weighted by molar-refractivity contribution is -0.125. The lowest BCUT2D eigenvalue weighted by Gasteiger charge is -2.22. The number of aromatic nitrogens is 2. The van der Waals surface area contributed by atoms with E-state index in [1.807, 2.05) is 25.2 Å². The Bertz CT molecular complexity index is 335. The summed E-state index contributed by atoms with van der Waals surface area (Å²) in [4.78, 5) is 13.2. The van der Waals surface area contributed by atoms with Crippen molar-refractivity contribution in [2.75, 3.05) is 7.05 Å². The number of likely N-dealkylation sites (N-methyl/N-ethyl adjacent to an activating group) is 1. The van der Waals surface area contributed by atoms with Crippen LogP contribution in [-0.2, 0) is 18.4 Å². The molecule has 0 saturated carbocycles. The maximum absolute atomic E-state index is 11.3. The van der Waals surface area contributed by atoms with Crippen molar-refractivity contribution in [3.05, 3.63) is 18.0 Å². The number of hydrogen-bond donors (Lipinski definition) is 2. The first-order chi connectivity index (χ1) is 7.04. The molecular formula is C9H17N5O. The van der Waals surface area contributed by atoms with Crippen LogP contribution >= 0.6 is 0 Å². The van der Waals surface area contributed by atoms with Crippen LogP contribution in [0.25, 0.3) is 0 Å². The molecule has 0 radical (unpaired) electrons. The van der Waals surface area contributed by atoms with E-state index in [1.165, 1.54) is 0 Å². The SMILES string of the molecule is CC(C(=O)NN)N(C)Cc1cnn(C)c1. The molecule has 0 bridgehead atoms. The van der Waals surface area contributed by atoms with Crippen molar-refractivity contribution >= 4 is 5.91 Å². The van der Waals surface area contributed by atoms with E-state index < -0.39 is 0 Å². The van der Waals surface area contributed by atoms with E-state index >= 15 is 0 Å². The van der Waals surface area contributed by atoms with E-state index in [9.17, 15) is 4.79 Å². The summed E-state index contributed by atoms with van der Waals surface area (Å²) in [5.74, 6) is 4.87. The lowest BCUT2D eigenvalue weighted by Crippen LogP contribution is -2.45. The third-order valence-corrected chi connectivity index (χ3v) is 2.37. The third-order valence-electron chi connectivity index (χ3n) is 2.37. The quantitative estimate of drug-likeness (QED) is 0.389. The highest BCUT2D eigenvalue weighted by molar-refractivity contribution is 5.80. The molecule has 1 rings (SSSR count). The molecule has 1 atom stereocenters. The first kappa shape index (κ1) is 11.7. The number of carbonyl (C=O) groups is 1. The Morgan fingerprint density at radius 3 is 2.93 bits per heavy atom. The minimum absolute atomic E-state index is 0.193. The Kier molecular flexibility index (Phi) is 3.81. The number of aryl methyl sites for hydroxylation is 1. The van der Waals surface area contributed by atoms with Gasteiger partial charge >= 0.3 is 0 Å². The van der Waals surface area contributed by atoms with Gasteiger partial charge in [-0.05, 0) is 14.0 Å². The van der Waals surface area contributed by atoms with Crippen molar-refractivity contribution in [1.82, 2.24) is 20.1 Å². The zero-order valence-electron chi connectivity index (χ0n) is 9.27. The van der Waals surface area contributed by atoms with Crippen LogP contribution in [0.3, 0.4) is 0 Å². The largest absolute Gasteiger partial charge is 0.293 e. The summed E-state index contributed by atoms with van der Waals surface area (Å²) in [6.45, 7) is 2.47. The van der Waals surface area contributed by atoms with Crippen LogP contribution in [0.5, 0.6) is 0 Å². The van der Waals surface area contributed by atoms with Gasteiger partial charge in [-0.2, -0.15) is 5.10 Å². The molecule has 0 saturated heterocycles. The molecule has 0 aliphatic heterocycles. The van der Waals surface area contributed by atoms with E-state index in [4.69, 9.17) is 5.84 Å². The highest BCUT2D eigenvalue weighted by Crippen LogP contribution is 2.04. The second-order valence-corrected chi connectivity index (χ2v) is 3.62. The maximum Gasteiger partial charge on any atom is 0.250 e. The highest BCUT2D eigenvalue weighted by atomic mass is 16.2. The van der Waals surface area contributed by atoms with Crippen LogP contribution in [0.15, 0.2) is 12.4 Å². The molecule has 0 aliphatic rings. The van der Waals surface area contributed by atoms with Crippen molar-refractivity contribution < 1.29 is 4.79 Å². The number of nitrogens with one attached hydrogen (secondary N) is 1. The standard InChI is InChI=1S/C9H17N5O/c1-7(9(15)12-10)13(2)5-8-4-11-14(3)6-8/h4,6-7H,5,10H2,1-3H3,(H,12,15). The number of hydrazine groups is 1. The van der Waals surface area contributed by atoms with Gasteiger partial charge in [0.2, 0.25) is 0 Å². The molecule has 1 heterocycles. The minimum Gasteiger partial charge on any atom is -0.293 e. The average Bonchev–Trinajstić information content (AvgIpc) is 2.61. The maximum atomic E-state index is 11.3. The van der Waals surface area contributed by atoms with Crippen LogP contribution in [0.4, 0.5) is 0 Å². The molecule has 15 heavy (non-hydrogen) atoms. The van der Waals surface area contributed by atoms with Crippen molar-refractivity contribution in [2.24, 2.45) is 12.9 Å². The van der Waals surface area contributed by atoms with Gasteiger partial charge in [0.15, 0.2) is 0 Å². The average molecular weight is 211 g/mol. The second kappa shape index (κ2) is 4.90. The van der Waals surface area contributed by atoms with Crippen molar-refractivity contribution in [3.63, 3.8) is 0 Å². The fourth-order valence-electron chi connectivity index (χ4n) is 1.30.